The highest BCUT2D eigenvalue weighted by molar-refractivity contribution is 6.60. The first-order valence-electron chi connectivity index (χ1n) is 5.70. The molecule has 1 saturated heterocycles. The van der Waals surface area contributed by atoms with Crippen LogP contribution in [0.5, 0.6) is 0 Å². The highest BCUT2D eigenvalue weighted by Crippen LogP contribution is 2.36. The number of amidine groups is 1. The number of hydrogen-bond acceptors (Lipinski definition) is 5. The van der Waals surface area contributed by atoms with E-state index in [1.54, 1.807) is 12.1 Å². The van der Waals surface area contributed by atoms with E-state index in [1.165, 1.54) is 0 Å². The van der Waals surface area contributed by atoms with E-state index in [4.69, 9.17) is 24.7 Å². The average Bonchev–Trinajstić information content (AvgIpc) is 2.82. The van der Waals surface area contributed by atoms with Gasteiger partial charge in [-0.05, 0) is 39.8 Å². The van der Waals surface area contributed by atoms with Crippen molar-refractivity contribution in [3.8, 4) is 0 Å². The molecule has 1 aliphatic rings. The predicted molar refractivity (Wildman–Crippen MR) is 66.9 cm³/mol. The van der Waals surface area contributed by atoms with E-state index >= 15 is 0 Å². The Hall–Kier alpha value is -1.47. The lowest BCUT2D eigenvalue weighted by Crippen LogP contribution is -2.41. The number of rotatable bonds is 2. The van der Waals surface area contributed by atoms with Gasteiger partial charge < -0.3 is 24.7 Å². The second-order valence-corrected chi connectivity index (χ2v) is 5.28. The van der Waals surface area contributed by atoms with Crippen molar-refractivity contribution in [1.29, 1.82) is 0 Å². The summed E-state index contributed by atoms with van der Waals surface area (Å²) < 4.78 is 17.1. The summed E-state index contributed by atoms with van der Waals surface area (Å²) in [5, 5.41) is 11.4. The topological polar surface area (TPSA) is 90.2 Å². The lowest BCUT2D eigenvalue weighted by atomic mass is 9.86. The molecule has 0 radical (unpaired) electrons. The van der Waals surface area contributed by atoms with Crippen LogP contribution in [0, 0.1) is 0 Å². The molecule has 18 heavy (non-hydrogen) atoms. The molecule has 0 atom stereocenters. The van der Waals surface area contributed by atoms with Crippen LogP contribution in [0.4, 0.5) is 0 Å². The second-order valence-electron chi connectivity index (χ2n) is 5.28. The van der Waals surface area contributed by atoms with E-state index in [9.17, 15) is 0 Å². The Labute approximate surface area is 106 Å². The molecular formula is C11H17BN2O4. The molecule has 2 rings (SSSR count). The zero-order valence-electron chi connectivity index (χ0n) is 10.9. The third-order valence-corrected chi connectivity index (χ3v) is 3.47. The second kappa shape index (κ2) is 4.03. The number of nitrogens with zero attached hydrogens (tertiary/aromatic N) is 1. The van der Waals surface area contributed by atoms with Crippen LogP contribution < -0.4 is 11.4 Å². The van der Waals surface area contributed by atoms with Crippen LogP contribution in [0.15, 0.2) is 21.7 Å². The molecular weight excluding hydrogens is 235 g/mol. The van der Waals surface area contributed by atoms with Crippen LogP contribution in [0.25, 0.3) is 0 Å². The molecule has 7 heteroatoms. The Balaban J connectivity index is 2.23. The monoisotopic (exact) mass is 252 g/mol. The van der Waals surface area contributed by atoms with Gasteiger partial charge in [0.15, 0.2) is 5.76 Å². The highest BCUT2D eigenvalue weighted by Gasteiger charge is 2.53. The number of furan rings is 1. The molecule has 98 valence electrons. The smallest absolute Gasteiger partial charge is 0.461 e. The van der Waals surface area contributed by atoms with Crippen molar-refractivity contribution in [3.05, 3.63) is 17.9 Å². The molecule has 3 N–H and O–H groups in total. The van der Waals surface area contributed by atoms with Crippen molar-refractivity contribution in [2.45, 2.75) is 38.9 Å². The third-order valence-electron chi connectivity index (χ3n) is 3.47. The zero-order chi connectivity index (χ0) is 13.6. The molecule has 0 saturated carbocycles. The predicted octanol–water partition coefficient (Wildman–Crippen LogP) is 0.673. The zero-order valence-corrected chi connectivity index (χ0v) is 10.9. The molecule has 6 nitrogen and oxygen atoms in total. The normalized spacial score (nSPS) is 22.4. The lowest BCUT2D eigenvalue weighted by Gasteiger charge is -2.32. The van der Waals surface area contributed by atoms with Crippen molar-refractivity contribution >= 4 is 18.6 Å². The first kappa shape index (κ1) is 13.0. The summed E-state index contributed by atoms with van der Waals surface area (Å²) in [5.41, 5.74) is 5.07. The summed E-state index contributed by atoms with van der Waals surface area (Å²) >= 11 is 0. The number of nitrogens with two attached hydrogens (primary N) is 1. The van der Waals surface area contributed by atoms with Gasteiger partial charge in [-0.15, -0.1) is 0 Å². The maximum atomic E-state index is 8.57. The summed E-state index contributed by atoms with van der Waals surface area (Å²) in [6.45, 7) is 7.83. The summed E-state index contributed by atoms with van der Waals surface area (Å²) in [5.74, 6) is 0.194. The van der Waals surface area contributed by atoms with Crippen LogP contribution in [0.3, 0.4) is 0 Å². The summed E-state index contributed by atoms with van der Waals surface area (Å²) in [7, 11) is -0.588. The third kappa shape index (κ3) is 1.99. The molecule has 2 heterocycles. The number of oxime groups is 1. The summed E-state index contributed by atoms with van der Waals surface area (Å²) in [6, 6.07) is 3.30. The minimum absolute atomic E-state index is 0.0854. The van der Waals surface area contributed by atoms with Gasteiger partial charge in [0.25, 0.3) is 0 Å². The summed E-state index contributed by atoms with van der Waals surface area (Å²) in [4.78, 5) is 0. The van der Waals surface area contributed by atoms with Gasteiger partial charge in [-0.2, -0.15) is 0 Å². The standard InChI is InChI=1S/C11H17BN2O4/c1-10(2)11(3,4)18-12(17-10)8-6-5-7(16-8)9(13)14-15/h5-6,15H,1-4H3,(H2,13,14). The number of hydrogen-bond donors (Lipinski definition) is 2. The molecule has 1 aromatic heterocycles. The van der Waals surface area contributed by atoms with Gasteiger partial charge in [0.2, 0.25) is 5.84 Å². The van der Waals surface area contributed by atoms with Gasteiger partial charge in [0.05, 0.1) is 11.2 Å². The molecule has 1 aliphatic heterocycles. The molecule has 0 unspecified atom stereocenters. The van der Waals surface area contributed by atoms with Crippen molar-refractivity contribution in [2.75, 3.05) is 0 Å². The van der Waals surface area contributed by atoms with E-state index in [0.29, 0.717) is 5.66 Å². The van der Waals surface area contributed by atoms with E-state index in [1.807, 2.05) is 27.7 Å². The average molecular weight is 252 g/mol. The maximum Gasteiger partial charge on any atom is 0.532 e. The Morgan fingerprint density at radius 1 is 1.22 bits per heavy atom. The van der Waals surface area contributed by atoms with Crippen LogP contribution in [-0.2, 0) is 9.31 Å². The summed E-state index contributed by atoms with van der Waals surface area (Å²) in [6.07, 6.45) is 0. The molecule has 0 aliphatic carbocycles. The Kier molecular flexibility index (Phi) is 2.91. The van der Waals surface area contributed by atoms with Crippen molar-refractivity contribution in [2.24, 2.45) is 10.9 Å². The van der Waals surface area contributed by atoms with Crippen molar-refractivity contribution in [1.82, 2.24) is 0 Å². The maximum absolute atomic E-state index is 8.57. The van der Waals surface area contributed by atoms with E-state index in [-0.39, 0.29) is 11.6 Å². The van der Waals surface area contributed by atoms with Crippen molar-refractivity contribution in [3.63, 3.8) is 0 Å². The quantitative estimate of drug-likeness (QED) is 0.265. The first-order valence-corrected chi connectivity index (χ1v) is 5.70. The van der Waals surface area contributed by atoms with Gasteiger partial charge >= 0.3 is 7.12 Å². The van der Waals surface area contributed by atoms with Gasteiger partial charge in [-0.3, -0.25) is 0 Å². The fourth-order valence-corrected chi connectivity index (χ4v) is 1.63. The Morgan fingerprint density at radius 2 is 1.78 bits per heavy atom. The van der Waals surface area contributed by atoms with Crippen LogP contribution in [-0.4, -0.2) is 29.4 Å². The Bertz CT molecular complexity index is 465. The van der Waals surface area contributed by atoms with Gasteiger partial charge in [-0.25, -0.2) is 0 Å². The van der Waals surface area contributed by atoms with E-state index in [2.05, 4.69) is 5.16 Å². The largest absolute Gasteiger partial charge is 0.532 e. The van der Waals surface area contributed by atoms with E-state index in [0.717, 1.165) is 0 Å². The fraction of sp³-hybridized carbons (Fsp3) is 0.545. The fourth-order valence-electron chi connectivity index (χ4n) is 1.63. The Morgan fingerprint density at radius 3 is 2.28 bits per heavy atom. The highest BCUT2D eigenvalue weighted by atomic mass is 16.7. The van der Waals surface area contributed by atoms with Crippen LogP contribution in [0.2, 0.25) is 0 Å². The van der Waals surface area contributed by atoms with E-state index < -0.39 is 18.3 Å². The van der Waals surface area contributed by atoms with Crippen LogP contribution in [0.1, 0.15) is 33.5 Å². The van der Waals surface area contributed by atoms with Crippen molar-refractivity contribution < 1.29 is 18.9 Å². The molecule has 0 amide bonds. The minimum atomic E-state index is -0.588. The molecule has 1 aromatic rings. The van der Waals surface area contributed by atoms with Gasteiger partial charge in [0, 0.05) is 0 Å². The van der Waals surface area contributed by atoms with Crippen LogP contribution >= 0.6 is 0 Å². The van der Waals surface area contributed by atoms with Gasteiger partial charge in [0.1, 0.15) is 5.66 Å². The first-order chi connectivity index (χ1) is 8.27. The van der Waals surface area contributed by atoms with Gasteiger partial charge in [-0.1, -0.05) is 5.16 Å². The molecule has 0 spiro atoms. The molecule has 0 aromatic carbocycles. The molecule has 1 fully saturated rings. The minimum Gasteiger partial charge on any atom is -0.461 e. The lowest BCUT2D eigenvalue weighted by molar-refractivity contribution is 0.00578. The SMILES string of the molecule is CC1(C)OB(c2ccc(/C(N)=N/O)o2)OC1(C)C. The molecule has 0 bridgehead atoms.